The van der Waals surface area contributed by atoms with Gasteiger partial charge in [-0.3, -0.25) is 9.59 Å². The number of benzene rings is 1. The monoisotopic (exact) mass is 376 g/mol. The molecule has 0 saturated carbocycles. The lowest BCUT2D eigenvalue weighted by Crippen LogP contribution is -2.21. The van der Waals surface area contributed by atoms with Crippen LogP contribution in [0.1, 0.15) is 5.69 Å². The SMILES string of the molecule is O=C(COC(=O)Cc1csc(-c2ccsc2)n1)Nc1cccc(F)c1. The summed E-state index contributed by atoms with van der Waals surface area (Å²) < 4.78 is 18.0. The molecule has 3 rings (SSSR count). The molecule has 0 atom stereocenters. The Hall–Kier alpha value is -2.58. The first-order valence-corrected chi connectivity index (χ1v) is 9.10. The van der Waals surface area contributed by atoms with Crippen molar-refractivity contribution in [2.45, 2.75) is 6.42 Å². The first-order chi connectivity index (χ1) is 12.1. The van der Waals surface area contributed by atoms with Gasteiger partial charge in [-0.2, -0.15) is 11.3 Å². The van der Waals surface area contributed by atoms with Crippen molar-refractivity contribution in [3.05, 3.63) is 58.0 Å². The van der Waals surface area contributed by atoms with Crippen LogP contribution < -0.4 is 5.32 Å². The van der Waals surface area contributed by atoms with Crippen LogP contribution in [-0.2, 0) is 20.7 Å². The Morgan fingerprint density at radius 2 is 2.12 bits per heavy atom. The van der Waals surface area contributed by atoms with E-state index in [2.05, 4.69) is 10.3 Å². The highest BCUT2D eigenvalue weighted by Crippen LogP contribution is 2.25. The number of thiazole rings is 1. The van der Waals surface area contributed by atoms with Crippen molar-refractivity contribution in [3.8, 4) is 10.6 Å². The summed E-state index contributed by atoms with van der Waals surface area (Å²) >= 11 is 3.03. The smallest absolute Gasteiger partial charge is 0.312 e. The van der Waals surface area contributed by atoms with Crippen molar-refractivity contribution in [2.75, 3.05) is 11.9 Å². The van der Waals surface area contributed by atoms with E-state index < -0.39 is 24.3 Å². The fourth-order valence-corrected chi connectivity index (χ4v) is 3.55. The summed E-state index contributed by atoms with van der Waals surface area (Å²) in [6.07, 6.45) is -0.00607. The molecule has 8 heteroatoms. The number of hydrogen-bond donors (Lipinski definition) is 1. The van der Waals surface area contributed by atoms with Crippen molar-refractivity contribution < 1.29 is 18.7 Å². The van der Waals surface area contributed by atoms with Gasteiger partial charge in [-0.1, -0.05) is 6.07 Å². The number of halogens is 1. The second-order valence-corrected chi connectivity index (χ2v) is 6.69. The molecule has 1 aromatic carbocycles. The predicted molar refractivity (Wildman–Crippen MR) is 95.1 cm³/mol. The van der Waals surface area contributed by atoms with E-state index in [0.29, 0.717) is 11.4 Å². The Bertz CT molecular complexity index is 878. The Morgan fingerprint density at radius 3 is 2.88 bits per heavy atom. The van der Waals surface area contributed by atoms with E-state index in [9.17, 15) is 14.0 Å². The summed E-state index contributed by atoms with van der Waals surface area (Å²) in [7, 11) is 0. The number of amides is 1. The van der Waals surface area contributed by atoms with Crippen LogP contribution in [-0.4, -0.2) is 23.5 Å². The average Bonchev–Trinajstić information content (AvgIpc) is 3.24. The summed E-state index contributed by atoms with van der Waals surface area (Å²) in [6.45, 7) is -0.434. The fourth-order valence-electron chi connectivity index (χ4n) is 2.02. The second kappa shape index (κ2) is 8.00. The average molecular weight is 376 g/mol. The van der Waals surface area contributed by atoms with Gasteiger partial charge in [0.25, 0.3) is 5.91 Å². The maximum absolute atomic E-state index is 13.0. The van der Waals surface area contributed by atoms with E-state index in [1.54, 1.807) is 22.8 Å². The number of rotatable bonds is 6. The number of ether oxygens (including phenoxy) is 1. The van der Waals surface area contributed by atoms with Gasteiger partial charge in [0.05, 0.1) is 12.1 Å². The standard InChI is InChI=1S/C17H13FN2O3S2/c18-12-2-1-3-13(6-12)19-15(21)8-23-16(22)7-14-10-25-17(20-14)11-4-5-24-9-11/h1-6,9-10H,7-8H2,(H,19,21). The highest BCUT2D eigenvalue weighted by Gasteiger charge is 2.12. The largest absolute Gasteiger partial charge is 0.455 e. The van der Waals surface area contributed by atoms with Crippen molar-refractivity contribution in [2.24, 2.45) is 0 Å². The zero-order valence-corrected chi connectivity index (χ0v) is 14.5. The first kappa shape index (κ1) is 17.2. The number of esters is 1. The van der Waals surface area contributed by atoms with Gasteiger partial charge in [0.2, 0.25) is 0 Å². The van der Waals surface area contributed by atoms with Crippen LogP contribution in [0.25, 0.3) is 10.6 Å². The van der Waals surface area contributed by atoms with E-state index >= 15 is 0 Å². The third-order valence-electron chi connectivity index (χ3n) is 3.12. The molecule has 0 aliphatic rings. The number of nitrogens with zero attached hydrogens (tertiary/aromatic N) is 1. The molecular weight excluding hydrogens is 363 g/mol. The topological polar surface area (TPSA) is 68.3 Å². The lowest BCUT2D eigenvalue weighted by molar-refractivity contribution is -0.146. The molecule has 25 heavy (non-hydrogen) atoms. The van der Waals surface area contributed by atoms with Gasteiger partial charge in [0.15, 0.2) is 6.61 Å². The first-order valence-electron chi connectivity index (χ1n) is 7.28. The minimum atomic E-state index is -0.545. The summed E-state index contributed by atoms with van der Waals surface area (Å²) in [6, 6.07) is 7.44. The second-order valence-electron chi connectivity index (χ2n) is 5.05. The number of anilines is 1. The summed E-state index contributed by atoms with van der Waals surface area (Å²) in [5, 5.41) is 9.03. The zero-order valence-electron chi connectivity index (χ0n) is 12.9. The zero-order chi connectivity index (χ0) is 17.6. The van der Waals surface area contributed by atoms with Crippen LogP contribution in [0, 0.1) is 5.82 Å². The fraction of sp³-hybridized carbons (Fsp3) is 0.118. The highest BCUT2D eigenvalue weighted by atomic mass is 32.1. The Labute approximate surface area is 151 Å². The number of hydrogen-bond acceptors (Lipinski definition) is 6. The number of carbonyl (C=O) groups excluding carboxylic acids is 2. The van der Waals surface area contributed by atoms with Gasteiger partial charge in [-0.15, -0.1) is 11.3 Å². The third kappa shape index (κ3) is 4.94. The number of carbonyl (C=O) groups is 2. The highest BCUT2D eigenvalue weighted by molar-refractivity contribution is 7.14. The molecule has 2 heterocycles. The summed E-state index contributed by atoms with van der Waals surface area (Å²) in [5.74, 6) is -1.53. The van der Waals surface area contributed by atoms with Crippen LogP contribution in [0.2, 0.25) is 0 Å². The van der Waals surface area contributed by atoms with Crippen LogP contribution >= 0.6 is 22.7 Å². The lowest BCUT2D eigenvalue weighted by Gasteiger charge is -2.06. The minimum Gasteiger partial charge on any atom is -0.455 e. The van der Waals surface area contributed by atoms with Crippen LogP contribution in [0.4, 0.5) is 10.1 Å². The Balaban J connectivity index is 1.47. The van der Waals surface area contributed by atoms with E-state index in [1.807, 2.05) is 16.8 Å². The van der Waals surface area contributed by atoms with E-state index in [-0.39, 0.29) is 6.42 Å². The van der Waals surface area contributed by atoms with E-state index in [0.717, 1.165) is 10.6 Å². The number of thiophene rings is 1. The van der Waals surface area contributed by atoms with Crippen molar-refractivity contribution in [1.29, 1.82) is 0 Å². The van der Waals surface area contributed by atoms with Gasteiger partial charge < -0.3 is 10.1 Å². The summed E-state index contributed by atoms with van der Waals surface area (Å²) in [4.78, 5) is 27.9. The molecule has 0 spiro atoms. The van der Waals surface area contributed by atoms with Gasteiger partial charge in [-0.25, -0.2) is 9.37 Å². The van der Waals surface area contributed by atoms with Crippen molar-refractivity contribution in [1.82, 2.24) is 4.98 Å². The normalized spacial score (nSPS) is 10.4. The molecule has 0 saturated heterocycles. The molecule has 0 aliphatic heterocycles. The van der Waals surface area contributed by atoms with Gasteiger partial charge in [0, 0.05) is 22.0 Å². The van der Waals surface area contributed by atoms with Crippen molar-refractivity contribution in [3.63, 3.8) is 0 Å². The van der Waals surface area contributed by atoms with Crippen LogP contribution in [0.5, 0.6) is 0 Å². The number of aromatic nitrogens is 1. The molecule has 1 amide bonds. The minimum absolute atomic E-state index is 0.00607. The molecule has 0 fully saturated rings. The molecule has 2 aromatic heterocycles. The molecule has 0 aliphatic carbocycles. The molecule has 1 N–H and O–H groups in total. The maximum Gasteiger partial charge on any atom is 0.312 e. The molecule has 0 bridgehead atoms. The lowest BCUT2D eigenvalue weighted by atomic mass is 10.3. The van der Waals surface area contributed by atoms with Gasteiger partial charge in [-0.05, 0) is 29.6 Å². The summed E-state index contributed by atoms with van der Waals surface area (Å²) in [5.41, 5.74) is 1.92. The van der Waals surface area contributed by atoms with Gasteiger partial charge >= 0.3 is 5.97 Å². The molecule has 3 aromatic rings. The molecule has 5 nitrogen and oxygen atoms in total. The molecular formula is C17H13FN2O3S2. The third-order valence-corrected chi connectivity index (χ3v) is 4.74. The quantitative estimate of drug-likeness (QED) is 0.666. The molecule has 128 valence electrons. The Morgan fingerprint density at radius 1 is 1.24 bits per heavy atom. The molecule has 0 radical (unpaired) electrons. The predicted octanol–water partition coefficient (Wildman–Crippen LogP) is 3.74. The Kier molecular flexibility index (Phi) is 5.52. The van der Waals surface area contributed by atoms with Gasteiger partial charge in [0.1, 0.15) is 10.8 Å². The van der Waals surface area contributed by atoms with E-state index in [1.165, 1.54) is 29.5 Å². The number of nitrogens with one attached hydrogen (secondary N) is 1. The van der Waals surface area contributed by atoms with Crippen molar-refractivity contribution >= 4 is 40.2 Å². The van der Waals surface area contributed by atoms with Crippen LogP contribution in [0.15, 0.2) is 46.5 Å². The molecule has 0 unspecified atom stereocenters. The maximum atomic E-state index is 13.0. The van der Waals surface area contributed by atoms with E-state index in [4.69, 9.17) is 4.74 Å². The van der Waals surface area contributed by atoms with Crippen LogP contribution in [0.3, 0.4) is 0 Å².